The second-order valence-corrected chi connectivity index (χ2v) is 7.77. The number of hydrogen-bond acceptors (Lipinski definition) is 7. The monoisotopic (exact) mass is 424 g/mol. The first-order valence-electron chi connectivity index (χ1n) is 8.94. The van der Waals surface area contributed by atoms with Crippen LogP contribution in [-0.2, 0) is 29.7 Å². The molecular weight excluding hydrogens is 399 g/mol. The van der Waals surface area contributed by atoms with Crippen LogP contribution in [0.5, 0.6) is 0 Å². The number of nitrogens with two attached hydrogens (primary N) is 1. The molecule has 1 unspecified atom stereocenters. The van der Waals surface area contributed by atoms with Crippen molar-refractivity contribution >= 4 is 19.5 Å². The maximum Gasteiger partial charge on any atom is 0.392 e. The molecule has 3 N–H and O–H groups in total. The molecule has 9 nitrogen and oxygen atoms in total. The van der Waals surface area contributed by atoms with E-state index in [-0.39, 0.29) is 0 Å². The highest BCUT2D eigenvalue weighted by Crippen LogP contribution is 2.57. The summed E-state index contributed by atoms with van der Waals surface area (Å²) in [6.07, 6.45) is 3.39. The number of nitrogens with zero attached hydrogens (tertiary/aromatic N) is 1. The van der Waals surface area contributed by atoms with Crippen LogP contribution < -0.4 is 10.4 Å². The molecule has 1 heterocycles. The number of pyridine rings is 1. The summed E-state index contributed by atoms with van der Waals surface area (Å²) < 4.78 is 24.4. The Kier molecular flexibility index (Phi) is 10.8. The van der Waals surface area contributed by atoms with Crippen LogP contribution in [0.25, 0.3) is 0 Å². The maximum atomic E-state index is 13.2. The van der Waals surface area contributed by atoms with Crippen LogP contribution in [0.4, 0.5) is 0 Å². The lowest BCUT2D eigenvalue weighted by molar-refractivity contribution is -0.693. The second-order valence-electron chi connectivity index (χ2n) is 5.62. The molecule has 0 fully saturated rings. The van der Waals surface area contributed by atoms with Crippen LogP contribution in [0.2, 0.25) is 0 Å². The zero-order chi connectivity index (χ0) is 21.7. The lowest BCUT2D eigenvalue weighted by Crippen LogP contribution is -2.83. The number of quaternary nitrogens is 1. The van der Waals surface area contributed by atoms with Gasteiger partial charge in [0.1, 0.15) is 6.54 Å². The number of carbonyl (C=O) groups excluding carboxylic acids is 1. The minimum Gasteiger partial charge on any atom is -0.539 e. The lowest BCUT2D eigenvalue weighted by Gasteiger charge is -2.24. The summed E-state index contributed by atoms with van der Waals surface area (Å²) in [4.78, 5) is 22.1. The molecule has 2 rings (SSSR count). The van der Waals surface area contributed by atoms with Gasteiger partial charge >= 0.3 is 13.6 Å². The van der Waals surface area contributed by atoms with Gasteiger partial charge in [-0.2, -0.15) is 0 Å². The topological polar surface area (TPSA) is 142 Å². The zero-order valence-corrected chi connectivity index (χ0v) is 17.2. The van der Waals surface area contributed by atoms with Crippen LogP contribution in [-0.4, -0.2) is 35.2 Å². The van der Waals surface area contributed by atoms with Crippen molar-refractivity contribution < 1.29 is 38.7 Å². The van der Waals surface area contributed by atoms with Crippen molar-refractivity contribution in [3.05, 3.63) is 66.0 Å². The van der Waals surface area contributed by atoms with E-state index in [0.717, 1.165) is 11.1 Å². The van der Waals surface area contributed by atoms with Gasteiger partial charge in [0.2, 0.25) is 5.78 Å². The lowest BCUT2D eigenvalue weighted by atomic mass is 10.2. The summed E-state index contributed by atoms with van der Waals surface area (Å²) in [5.74, 6) is -4.42. The van der Waals surface area contributed by atoms with Crippen LogP contribution in [0.1, 0.15) is 30.8 Å². The van der Waals surface area contributed by atoms with Crippen LogP contribution in [0.3, 0.4) is 0 Å². The average Bonchev–Trinajstić information content (AvgIpc) is 2.70. The van der Waals surface area contributed by atoms with E-state index >= 15 is 0 Å². The second kappa shape index (κ2) is 12.8. The summed E-state index contributed by atoms with van der Waals surface area (Å²) in [6.45, 7) is 5.03. The predicted molar refractivity (Wildman–Crippen MR) is 103 cm³/mol. The molecule has 0 spiro atoms. The van der Waals surface area contributed by atoms with E-state index in [1.165, 1.54) is 0 Å². The summed E-state index contributed by atoms with van der Waals surface area (Å²) in [7, 11) is -3.27. The molecule has 0 aliphatic carbocycles. The third kappa shape index (κ3) is 8.53. The number of aliphatic carboxylic acids is 2. The van der Waals surface area contributed by atoms with Crippen molar-refractivity contribution in [2.45, 2.75) is 26.2 Å². The van der Waals surface area contributed by atoms with Gasteiger partial charge in [-0.1, -0.05) is 30.3 Å². The van der Waals surface area contributed by atoms with E-state index in [9.17, 15) is 4.57 Å². The Morgan fingerprint density at radius 1 is 1.10 bits per heavy atom. The SMILES string of the molecule is CCOP(=O)(OCC)C([NH2+]Cc1ccccc1)c1ccncc1.O=C([O-])C(=O)O. The van der Waals surface area contributed by atoms with Crippen molar-refractivity contribution in [3.8, 4) is 0 Å². The average molecular weight is 424 g/mol. The van der Waals surface area contributed by atoms with Crippen molar-refractivity contribution in [2.75, 3.05) is 13.2 Å². The van der Waals surface area contributed by atoms with E-state index in [1.54, 1.807) is 12.4 Å². The summed E-state index contributed by atoms with van der Waals surface area (Å²) >= 11 is 0. The van der Waals surface area contributed by atoms with E-state index in [4.69, 9.17) is 28.8 Å². The number of hydrogen-bond donors (Lipinski definition) is 2. The van der Waals surface area contributed by atoms with E-state index in [0.29, 0.717) is 19.8 Å². The Labute approximate surface area is 169 Å². The largest absolute Gasteiger partial charge is 0.539 e. The first kappa shape index (κ1) is 24.5. The molecule has 0 radical (unpaired) electrons. The fourth-order valence-corrected chi connectivity index (χ4v) is 4.44. The van der Waals surface area contributed by atoms with Gasteiger partial charge in [0, 0.05) is 23.5 Å². The first-order chi connectivity index (χ1) is 13.8. The first-order valence-corrected chi connectivity index (χ1v) is 10.6. The molecule has 158 valence electrons. The Bertz CT molecular complexity index is 781. The standard InChI is InChI=1S/C17H23N2O3P.C2H2O4/c1-3-21-23(20,22-4-2)17(16-10-12-18-13-11-16)19-14-15-8-6-5-7-9-15;3-1(4)2(5)6/h5-13,17,19H,3-4,14H2,1-2H3;(H,3,4)(H,5,6). The Morgan fingerprint density at radius 2 is 1.62 bits per heavy atom. The zero-order valence-electron chi connectivity index (χ0n) is 16.3. The minimum absolute atomic E-state index is 0.345. The highest BCUT2D eigenvalue weighted by Gasteiger charge is 2.40. The van der Waals surface area contributed by atoms with Crippen molar-refractivity contribution in [3.63, 3.8) is 0 Å². The third-order valence-corrected chi connectivity index (χ3v) is 6.03. The highest BCUT2D eigenvalue weighted by atomic mass is 31.2. The fraction of sp³-hybridized carbons (Fsp3) is 0.316. The van der Waals surface area contributed by atoms with Crippen LogP contribution >= 0.6 is 7.60 Å². The molecule has 0 bridgehead atoms. The normalized spacial score (nSPS) is 11.8. The van der Waals surface area contributed by atoms with Gasteiger partial charge in [-0.25, -0.2) is 4.79 Å². The van der Waals surface area contributed by atoms with Crippen molar-refractivity contribution in [2.24, 2.45) is 0 Å². The molecule has 10 heteroatoms. The molecule has 0 saturated carbocycles. The van der Waals surface area contributed by atoms with Crippen LogP contribution in [0.15, 0.2) is 54.9 Å². The van der Waals surface area contributed by atoms with Crippen molar-refractivity contribution in [1.82, 2.24) is 4.98 Å². The summed E-state index contributed by atoms with van der Waals surface area (Å²) in [5.41, 5.74) is 2.05. The Balaban J connectivity index is 0.000000612. The van der Waals surface area contributed by atoms with E-state index in [1.807, 2.05) is 61.6 Å². The quantitative estimate of drug-likeness (QED) is 0.447. The van der Waals surface area contributed by atoms with Gasteiger partial charge in [-0.3, -0.25) is 9.55 Å². The molecule has 0 saturated heterocycles. The maximum absolute atomic E-state index is 13.2. The van der Waals surface area contributed by atoms with E-state index < -0.39 is 25.3 Å². The molecule has 1 atom stereocenters. The summed E-state index contributed by atoms with van der Waals surface area (Å²) in [5, 5.41) is 18.3. The van der Waals surface area contributed by atoms with Crippen molar-refractivity contribution in [1.29, 1.82) is 0 Å². The predicted octanol–water partition coefficient (Wildman–Crippen LogP) is 0.931. The van der Waals surface area contributed by atoms with Gasteiger partial charge in [-0.15, -0.1) is 0 Å². The highest BCUT2D eigenvalue weighted by molar-refractivity contribution is 7.53. The third-order valence-electron chi connectivity index (χ3n) is 3.60. The number of carboxylic acids is 2. The van der Waals surface area contributed by atoms with E-state index in [2.05, 4.69) is 4.98 Å². The Hall–Kier alpha value is -2.58. The number of carbonyl (C=O) groups is 2. The number of rotatable bonds is 9. The minimum atomic E-state index is -3.27. The van der Waals surface area contributed by atoms with Gasteiger partial charge in [-0.05, 0) is 26.0 Å². The molecule has 1 aromatic heterocycles. The molecule has 0 aliphatic heterocycles. The molecular formula is C19H25N2O7P. The van der Waals surface area contributed by atoms with Crippen LogP contribution in [0, 0.1) is 0 Å². The molecule has 0 amide bonds. The number of carboxylic acid groups (broad SMARTS) is 2. The fourth-order valence-electron chi connectivity index (χ4n) is 2.43. The summed E-state index contributed by atoms with van der Waals surface area (Å²) in [6, 6.07) is 13.8. The van der Waals surface area contributed by atoms with Gasteiger partial charge in [0.25, 0.3) is 0 Å². The smallest absolute Gasteiger partial charge is 0.392 e. The molecule has 29 heavy (non-hydrogen) atoms. The Morgan fingerprint density at radius 3 is 2.07 bits per heavy atom. The molecule has 1 aromatic carbocycles. The number of benzene rings is 1. The molecule has 0 aliphatic rings. The molecule has 2 aromatic rings. The van der Waals surface area contributed by atoms with Gasteiger partial charge in [0.15, 0.2) is 5.97 Å². The van der Waals surface area contributed by atoms with Gasteiger partial charge < -0.3 is 29.4 Å². The van der Waals surface area contributed by atoms with Gasteiger partial charge in [0.05, 0.1) is 13.2 Å². The number of aromatic nitrogens is 1.